The molecule has 1 aliphatic heterocycles. The van der Waals surface area contributed by atoms with Crippen molar-refractivity contribution >= 4 is 0 Å². The van der Waals surface area contributed by atoms with E-state index in [2.05, 4.69) is 26.3 Å². The molecule has 33 heavy (non-hydrogen) atoms. The molecule has 1 fully saturated rings. The second kappa shape index (κ2) is 9.07. The number of likely N-dealkylation sites (tertiary alicyclic amines) is 1. The second-order valence-electron chi connectivity index (χ2n) is 8.07. The molecule has 0 spiro atoms. The van der Waals surface area contributed by atoms with Gasteiger partial charge < -0.3 is 18.4 Å². The van der Waals surface area contributed by atoms with Crippen molar-refractivity contribution in [2.24, 2.45) is 0 Å². The third kappa shape index (κ3) is 4.09. The number of hydrogen-bond donors (Lipinski definition) is 0. The highest BCUT2D eigenvalue weighted by Crippen LogP contribution is 2.40. The fourth-order valence-corrected chi connectivity index (χ4v) is 4.47. The Balaban J connectivity index is 1.40. The Morgan fingerprint density at radius 3 is 2.70 bits per heavy atom. The Morgan fingerprint density at radius 1 is 1.06 bits per heavy atom. The van der Waals surface area contributed by atoms with Crippen LogP contribution in [0, 0.1) is 6.92 Å². The third-order valence-corrected chi connectivity index (χ3v) is 6.09. The van der Waals surface area contributed by atoms with Gasteiger partial charge in [0.1, 0.15) is 28.5 Å². The summed E-state index contributed by atoms with van der Waals surface area (Å²) in [5.41, 5.74) is 3.51. The van der Waals surface area contributed by atoms with Crippen molar-refractivity contribution in [3.63, 3.8) is 0 Å². The van der Waals surface area contributed by atoms with Crippen LogP contribution in [0.1, 0.15) is 36.1 Å². The molecule has 1 atom stereocenters. The van der Waals surface area contributed by atoms with Crippen molar-refractivity contribution < 1.29 is 18.4 Å². The summed E-state index contributed by atoms with van der Waals surface area (Å²) in [6, 6.07) is 16.0. The van der Waals surface area contributed by atoms with Gasteiger partial charge >= 0.3 is 0 Å². The van der Waals surface area contributed by atoms with Crippen molar-refractivity contribution in [2.75, 3.05) is 20.8 Å². The molecule has 8 nitrogen and oxygen atoms in total. The Bertz CT molecular complexity index is 1230. The maximum Gasteiger partial charge on any atom is 0.253 e. The van der Waals surface area contributed by atoms with Crippen LogP contribution in [0.25, 0.3) is 22.7 Å². The van der Waals surface area contributed by atoms with E-state index in [4.69, 9.17) is 18.4 Å². The van der Waals surface area contributed by atoms with Gasteiger partial charge in [0.15, 0.2) is 0 Å². The summed E-state index contributed by atoms with van der Waals surface area (Å²) in [7, 11) is 3.34. The van der Waals surface area contributed by atoms with Crippen LogP contribution in [0.5, 0.6) is 11.5 Å². The van der Waals surface area contributed by atoms with Gasteiger partial charge in [-0.3, -0.25) is 4.90 Å². The van der Waals surface area contributed by atoms with Gasteiger partial charge in [-0.1, -0.05) is 41.6 Å². The van der Waals surface area contributed by atoms with Gasteiger partial charge in [-0.2, -0.15) is 0 Å². The van der Waals surface area contributed by atoms with E-state index in [0.717, 1.165) is 47.6 Å². The van der Waals surface area contributed by atoms with Crippen molar-refractivity contribution in [3.8, 4) is 34.2 Å². The molecule has 0 bridgehead atoms. The summed E-state index contributed by atoms with van der Waals surface area (Å²) in [6.07, 6.45) is 2.12. The zero-order valence-electron chi connectivity index (χ0n) is 18.9. The summed E-state index contributed by atoms with van der Waals surface area (Å²) < 4.78 is 22.5. The lowest BCUT2D eigenvalue weighted by Gasteiger charge is -2.25. The van der Waals surface area contributed by atoms with E-state index in [1.807, 2.05) is 49.4 Å². The van der Waals surface area contributed by atoms with Gasteiger partial charge in [0.25, 0.3) is 5.89 Å². The molecule has 170 valence electrons. The van der Waals surface area contributed by atoms with Crippen molar-refractivity contribution in [1.82, 2.24) is 20.3 Å². The molecular weight excluding hydrogens is 420 g/mol. The SMILES string of the molecule is COc1ccc(C2CCCN2Cc2nnc(-c3c(-c4ccccc4)noc3C)o2)c(OC)c1. The predicted molar refractivity (Wildman–Crippen MR) is 122 cm³/mol. The smallest absolute Gasteiger partial charge is 0.253 e. The summed E-state index contributed by atoms with van der Waals surface area (Å²) in [4.78, 5) is 2.35. The fraction of sp³-hybridized carbons (Fsp3) is 0.320. The zero-order valence-corrected chi connectivity index (χ0v) is 18.9. The van der Waals surface area contributed by atoms with Crippen LogP contribution in [-0.4, -0.2) is 41.0 Å². The average Bonchev–Trinajstić information content (AvgIpc) is 3.59. The maximum absolute atomic E-state index is 6.10. The Kier molecular flexibility index (Phi) is 5.83. The van der Waals surface area contributed by atoms with Crippen molar-refractivity contribution in [3.05, 3.63) is 65.7 Å². The zero-order chi connectivity index (χ0) is 22.8. The second-order valence-corrected chi connectivity index (χ2v) is 8.07. The number of hydrogen-bond acceptors (Lipinski definition) is 8. The molecule has 0 N–H and O–H groups in total. The molecule has 0 radical (unpaired) electrons. The number of aromatic nitrogens is 3. The lowest BCUT2D eigenvalue weighted by atomic mass is 10.0. The standard InChI is InChI=1S/C25H26N4O4/c1-16-23(24(28-33-16)17-8-5-4-6-9-17)25-27-26-22(32-25)15-29-13-7-10-20(29)19-12-11-18(30-2)14-21(19)31-3/h4-6,8-9,11-12,14,20H,7,10,13,15H2,1-3H3. The molecule has 0 saturated carbocycles. The molecule has 1 aliphatic rings. The van der Waals surface area contributed by atoms with Crippen LogP contribution in [0.2, 0.25) is 0 Å². The minimum Gasteiger partial charge on any atom is -0.497 e. The van der Waals surface area contributed by atoms with E-state index in [9.17, 15) is 0 Å². The molecule has 8 heteroatoms. The normalized spacial score (nSPS) is 16.3. The summed E-state index contributed by atoms with van der Waals surface area (Å²) in [5.74, 6) is 3.22. The molecule has 2 aromatic heterocycles. The van der Waals surface area contributed by atoms with Crippen molar-refractivity contribution in [2.45, 2.75) is 32.4 Å². The first-order chi connectivity index (χ1) is 16.2. The van der Waals surface area contributed by atoms with Crippen LogP contribution in [0.4, 0.5) is 0 Å². The first-order valence-corrected chi connectivity index (χ1v) is 11.0. The number of aryl methyl sites for hydroxylation is 1. The number of methoxy groups -OCH3 is 2. The summed E-state index contributed by atoms with van der Waals surface area (Å²) in [6.45, 7) is 3.35. The van der Waals surface area contributed by atoms with Crippen LogP contribution in [-0.2, 0) is 6.54 Å². The molecule has 1 saturated heterocycles. The van der Waals surface area contributed by atoms with Gasteiger partial charge in [0.2, 0.25) is 5.89 Å². The van der Waals surface area contributed by atoms with E-state index in [-0.39, 0.29) is 6.04 Å². The lowest BCUT2D eigenvalue weighted by molar-refractivity contribution is 0.220. The number of nitrogens with zero attached hydrogens (tertiary/aromatic N) is 4. The average molecular weight is 447 g/mol. The topological polar surface area (TPSA) is 86.7 Å². The van der Waals surface area contributed by atoms with Crippen LogP contribution >= 0.6 is 0 Å². The highest BCUT2D eigenvalue weighted by molar-refractivity contribution is 5.77. The molecule has 2 aromatic carbocycles. The monoisotopic (exact) mass is 446 g/mol. The number of benzene rings is 2. The summed E-state index contributed by atoms with van der Waals surface area (Å²) in [5, 5.41) is 12.9. The Morgan fingerprint density at radius 2 is 1.91 bits per heavy atom. The Labute approximate surface area is 192 Å². The molecule has 0 amide bonds. The molecular formula is C25H26N4O4. The van der Waals surface area contributed by atoms with Gasteiger partial charge in [0, 0.05) is 23.2 Å². The number of ether oxygens (including phenoxy) is 2. The highest BCUT2D eigenvalue weighted by Gasteiger charge is 2.30. The largest absolute Gasteiger partial charge is 0.497 e. The number of rotatable bonds is 7. The first-order valence-electron chi connectivity index (χ1n) is 11.0. The van der Waals surface area contributed by atoms with E-state index in [1.165, 1.54) is 0 Å². The summed E-state index contributed by atoms with van der Waals surface area (Å²) >= 11 is 0. The first kappa shape index (κ1) is 21.2. The molecule has 3 heterocycles. The minimum absolute atomic E-state index is 0.207. The van der Waals surface area contributed by atoms with Crippen LogP contribution < -0.4 is 9.47 Å². The van der Waals surface area contributed by atoms with Gasteiger partial charge in [0.05, 0.1) is 20.8 Å². The maximum atomic E-state index is 6.10. The van der Waals surface area contributed by atoms with Crippen LogP contribution in [0.15, 0.2) is 57.5 Å². The van der Waals surface area contributed by atoms with Crippen molar-refractivity contribution in [1.29, 1.82) is 0 Å². The molecule has 5 rings (SSSR count). The van der Waals surface area contributed by atoms with Gasteiger partial charge in [-0.05, 0) is 32.4 Å². The van der Waals surface area contributed by atoms with Crippen LogP contribution in [0.3, 0.4) is 0 Å². The Hall–Kier alpha value is -3.65. The quantitative estimate of drug-likeness (QED) is 0.390. The van der Waals surface area contributed by atoms with E-state index >= 15 is 0 Å². The molecule has 4 aromatic rings. The molecule has 0 aliphatic carbocycles. The van der Waals surface area contributed by atoms with E-state index in [1.54, 1.807) is 14.2 Å². The van der Waals surface area contributed by atoms with E-state index < -0.39 is 0 Å². The lowest BCUT2D eigenvalue weighted by Crippen LogP contribution is -2.23. The third-order valence-electron chi connectivity index (χ3n) is 6.09. The van der Waals surface area contributed by atoms with E-state index in [0.29, 0.717) is 29.8 Å². The fourth-order valence-electron chi connectivity index (χ4n) is 4.47. The van der Waals surface area contributed by atoms with Gasteiger partial charge in [-0.25, -0.2) is 0 Å². The highest BCUT2D eigenvalue weighted by atomic mass is 16.5. The predicted octanol–water partition coefficient (Wildman–Crippen LogP) is 5.05. The minimum atomic E-state index is 0.207. The molecule has 1 unspecified atom stereocenters. The van der Waals surface area contributed by atoms with Gasteiger partial charge in [-0.15, -0.1) is 10.2 Å².